The second-order valence-corrected chi connectivity index (χ2v) is 8.00. The van der Waals surface area contributed by atoms with E-state index in [0.29, 0.717) is 18.0 Å². The minimum atomic E-state index is -0.490. The van der Waals surface area contributed by atoms with Gasteiger partial charge in [-0.05, 0) is 45.2 Å². The Kier molecular flexibility index (Phi) is 5.59. The number of hydrogen-bond acceptors (Lipinski definition) is 6. The van der Waals surface area contributed by atoms with Crippen molar-refractivity contribution >= 4 is 22.7 Å². The summed E-state index contributed by atoms with van der Waals surface area (Å²) in [7, 11) is 1.62. The molecule has 1 N–H and O–H groups in total. The van der Waals surface area contributed by atoms with Crippen molar-refractivity contribution in [1.82, 2.24) is 10.3 Å². The van der Waals surface area contributed by atoms with Gasteiger partial charge in [0.2, 0.25) is 0 Å². The SMILES string of the molecule is COc1ccc2c(N3CC(CCNC(=O)OC(C)(C)C)C3)c(C#N)cnc2c1. The summed E-state index contributed by atoms with van der Waals surface area (Å²) in [5.41, 5.74) is 1.81. The molecule has 2 aromatic rings. The molecule has 7 nitrogen and oxygen atoms in total. The second-order valence-electron chi connectivity index (χ2n) is 8.00. The molecule has 28 heavy (non-hydrogen) atoms. The summed E-state index contributed by atoms with van der Waals surface area (Å²) < 4.78 is 10.5. The normalized spacial score (nSPS) is 14.3. The molecule has 1 aliphatic heterocycles. The zero-order chi connectivity index (χ0) is 20.3. The molecular formula is C21H26N4O3. The molecule has 1 aromatic heterocycles. The summed E-state index contributed by atoms with van der Waals surface area (Å²) in [5.74, 6) is 1.20. The number of alkyl carbamates (subject to hydrolysis) is 1. The topological polar surface area (TPSA) is 87.5 Å². The quantitative estimate of drug-likeness (QED) is 0.852. The van der Waals surface area contributed by atoms with Gasteiger partial charge in [-0.3, -0.25) is 4.98 Å². The summed E-state index contributed by atoms with van der Waals surface area (Å²) in [4.78, 5) is 18.3. The van der Waals surface area contributed by atoms with E-state index in [0.717, 1.165) is 41.9 Å². The van der Waals surface area contributed by atoms with Crippen molar-refractivity contribution in [3.05, 3.63) is 30.0 Å². The first kappa shape index (κ1) is 19.7. The molecule has 1 fully saturated rings. The third-order valence-electron chi connectivity index (χ3n) is 4.66. The van der Waals surface area contributed by atoms with Crippen LogP contribution in [0.2, 0.25) is 0 Å². The number of fused-ring (bicyclic) bond motifs is 1. The summed E-state index contributed by atoms with van der Waals surface area (Å²) in [6.07, 6.45) is 2.10. The Morgan fingerprint density at radius 2 is 2.14 bits per heavy atom. The number of rotatable bonds is 5. The van der Waals surface area contributed by atoms with Crippen LogP contribution in [0.3, 0.4) is 0 Å². The molecule has 1 aromatic carbocycles. The average molecular weight is 382 g/mol. The Balaban J connectivity index is 1.61. The average Bonchev–Trinajstić information content (AvgIpc) is 2.61. The third-order valence-corrected chi connectivity index (χ3v) is 4.66. The Morgan fingerprint density at radius 3 is 2.79 bits per heavy atom. The van der Waals surface area contributed by atoms with Gasteiger partial charge in [0.25, 0.3) is 0 Å². The number of carbonyl (C=O) groups is 1. The molecule has 7 heteroatoms. The van der Waals surface area contributed by atoms with Crippen LogP contribution in [0.5, 0.6) is 5.75 Å². The lowest BCUT2D eigenvalue weighted by atomic mass is 9.94. The molecule has 0 atom stereocenters. The molecule has 0 unspecified atom stereocenters. The maximum absolute atomic E-state index is 11.7. The number of methoxy groups -OCH3 is 1. The fourth-order valence-electron chi connectivity index (χ4n) is 3.34. The van der Waals surface area contributed by atoms with Gasteiger partial charge >= 0.3 is 6.09 Å². The smallest absolute Gasteiger partial charge is 0.407 e. The molecule has 148 valence electrons. The highest BCUT2D eigenvalue weighted by Crippen LogP contribution is 2.35. The number of ether oxygens (including phenoxy) is 2. The molecule has 1 aliphatic rings. The van der Waals surface area contributed by atoms with E-state index in [-0.39, 0.29) is 6.09 Å². The van der Waals surface area contributed by atoms with Crippen molar-refractivity contribution in [2.45, 2.75) is 32.8 Å². The Morgan fingerprint density at radius 1 is 1.39 bits per heavy atom. The number of nitrogens with one attached hydrogen (secondary N) is 1. The van der Waals surface area contributed by atoms with Gasteiger partial charge < -0.3 is 19.7 Å². The van der Waals surface area contributed by atoms with Gasteiger partial charge in [0.15, 0.2) is 0 Å². The number of nitrogens with zero attached hydrogens (tertiary/aromatic N) is 3. The number of amides is 1. The Hall–Kier alpha value is -3.01. The minimum absolute atomic E-state index is 0.385. The molecule has 2 heterocycles. The Labute approximate surface area is 165 Å². The first-order valence-corrected chi connectivity index (χ1v) is 9.39. The lowest BCUT2D eigenvalue weighted by Gasteiger charge is -2.42. The summed E-state index contributed by atoms with van der Waals surface area (Å²) in [5, 5.41) is 13.3. The van der Waals surface area contributed by atoms with Crippen LogP contribution in [0.15, 0.2) is 24.4 Å². The van der Waals surface area contributed by atoms with Crippen molar-refractivity contribution in [1.29, 1.82) is 5.26 Å². The monoisotopic (exact) mass is 382 g/mol. The second kappa shape index (κ2) is 7.93. The number of anilines is 1. The number of aromatic nitrogens is 1. The summed E-state index contributed by atoms with van der Waals surface area (Å²) in [6.45, 7) is 7.80. The van der Waals surface area contributed by atoms with Gasteiger partial charge in [-0.25, -0.2) is 4.79 Å². The van der Waals surface area contributed by atoms with Crippen LogP contribution in [0.1, 0.15) is 32.8 Å². The van der Waals surface area contributed by atoms with Crippen LogP contribution in [0.4, 0.5) is 10.5 Å². The maximum Gasteiger partial charge on any atom is 0.407 e. The predicted octanol–water partition coefficient (Wildman–Crippen LogP) is 3.47. The van der Waals surface area contributed by atoms with Crippen molar-refractivity contribution in [2.75, 3.05) is 31.6 Å². The van der Waals surface area contributed by atoms with Crippen LogP contribution < -0.4 is 15.0 Å². The first-order chi connectivity index (χ1) is 13.3. The first-order valence-electron chi connectivity index (χ1n) is 9.39. The number of hydrogen-bond donors (Lipinski definition) is 1. The minimum Gasteiger partial charge on any atom is -0.497 e. The van der Waals surface area contributed by atoms with Gasteiger partial charge in [0, 0.05) is 37.3 Å². The van der Waals surface area contributed by atoms with Gasteiger partial charge in [-0.2, -0.15) is 5.26 Å². The largest absolute Gasteiger partial charge is 0.497 e. The van der Waals surface area contributed by atoms with Gasteiger partial charge in [-0.1, -0.05) is 0 Å². The van der Waals surface area contributed by atoms with Gasteiger partial charge in [0.1, 0.15) is 17.4 Å². The number of benzene rings is 1. The lowest BCUT2D eigenvalue weighted by Crippen LogP contribution is -2.48. The number of carbonyl (C=O) groups excluding carboxylic acids is 1. The van der Waals surface area contributed by atoms with Crippen LogP contribution in [0, 0.1) is 17.2 Å². The zero-order valence-electron chi connectivity index (χ0n) is 16.8. The van der Waals surface area contributed by atoms with Crippen molar-refractivity contribution in [3.63, 3.8) is 0 Å². The highest BCUT2D eigenvalue weighted by Gasteiger charge is 2.30. The van der Waals surface area contributed by atoms with Crippen molar-refractivity contribution in [2.24, 2.45) is 5.92 Å². The fraction of sp³-hybridized carbons (Fsp3) is 0.476. The molecule has 1 amide bonds. The Bertz CT molecular complexity index is 908. The number of pyridine rings is 1. The van der Waals surface area contributed by atoms with Crippen LogP contribution in [0.25, 0.3) is 10.9 Å². The van der Waals surface area contributed by atoms with Gasteiger partial charge in [-0.15, -0.1) is 0 Å². The number of nitriles is 1. The molecule has 3 rings (SSSR count). The van der Waals surface area contributed by atoms with E-state index in [4.69, 9.17) is 9.47 Å². The van der Waals surface area contributed by atoms with E-state index in [9.17, 15) is 10.1 Å². The highest BCUT2D eigenvalue weighted by molar-refractivity contribution is 5.95. The van der Waals surface area contributed by atoms with Crippen molar-refractivity contribution < 1.29 is 14.3 Å². The van der Waals surface area contributed by atoms with Gasteiger partial charge in [0.05, 0.1) is 23.9 Å². The van der Waals surface area contributed by atoms with E-state index in [2.05, 4.69) is 21.3 Å². The molecule has 0 spiro atoms. The zero-order valence-corrected chi connectivity index (χ0v) is 16.8. The van der Waals surface area contributed by atoms with Crippen LogP contribution in [-0.4, -0.2) is 43.4 Å². The van der Waals surface area contributed by atoms with E-state index < -0.39 is 5.60 Å². The lowest BCUT2D eigenvalue weighted by molar-refractivity contribution is 0.0524. The van der Waals surface area contributed by atoms with E-state index >= 15 is 0 Å². The maximum atomic E-state index is 11.7. The summed E-state index contributed by atoms with van der Waals surface area (Å²) >= 11 is 0. The third kappa shape index (κ3) is 4.45. The van der Waals surface area contributed by atoms with Crippen molar-refractivity contribution in [3.8, 4) is 11.8 Å². The molecule has 0 saturated carbocycles. The fourth-order valence-corrected chi connectivity index (χ4v) is 3.34. The van der Waals surface area contributed by atoms with Crippen LogP contribution >= 0.6 is 0 Å². The van der Waals surface area contributed by atoms with E-state index in [1.807, 2.05) is 39.0 Å². The molecule has 0 aliphatic carbocycles. The molecule has 0 radical (unpaired) electrons. The van der Waals surface area contributed by atoms with Crippen LogP contribution in [-0.2, 0) is 4.74 Å². The summed E-state index contributed by atoms with van der Waals surface area (Å²) in [6, 6.07) is 7.97. The standard InChI is InChI=1S/C21H26N4O3/c1-21(2,3)28-20(26)23-8-7-14-12-25(13-14)19-15(10-22)11-24-18-9-16(27-4)5-6-17(18)19/h5-6,9,11,14H,7-8,12-13H2,1-4H3,(H,23,26). The van der Waals surface area contributed by atoms with E-state index in [1.165, 1.54) is 0 Å². The molecule has 0 bridgehead atoms. The molecule has 1 saturated heterocycles. The predicted molar refractivity (Wildman–Crippen MR) is 108 cm³/mol. The van der Waals surface area contributed by atoms with E-state index in [1.54, 1.807) is 13.3 Å². The highest BCUT2D eigenvalue weighted by atomic mass is 16.6. The molecular weight excluding hydrogens is 356 g/mol.